The van der Waals surface area contributed by atoms with Crippen molar-refractivity contribution >= 4 is 11.9 Å². The Morgan fingerprint density at radius 2 is 2.15 bits per heavy atom. The number of ether oxygens (including phenoxy) is 1. The van der Waals surface area contributed by atoms with E-state index in [2.05, 4.69) is 0 Å². The third-order valence-electron chi connectivity index (χ3n) is 3.53. The molecule has 0 radical (unpaired) electrons. The Hall–Kier alpha value is -2.04. The van der Waals surface area contributed by atoms with E-state index in [4.69, 9.17) is 9.84 Å². The number of carboxylic acid groups (broad SMARTS) is 1. The number of carbonyl (C=O) groups is 2. The second kappa shape index (κ2) is 6.41. The lowest BCUT2D eigenvalue weighted by Gasteiger charge is -2.21. The molecule has 1 N–H and O–H groups in total. The summed E-state index contributed by atoms with van der Waals surface area (Å²) >= 11 is 0. The first kappa shape index (κ1) is 14.4. The van der Waals surface area contributed by atoms with E-state index in [1.54, 1.807) is 0 Å². The van der Waals surface area contributed by atoms with Gasteiger partial charge in [0.1, 0.15) is 11.8 Å². The average Bonchev–Trinajstić information content (AvgIpc) is 2.90. The zero-order valence-electron chi connectivity index (χ0n) is 11.5. The fourth-order valence-electron chi connectivity index (χ4n) is 2.43. The zero-order chi connectivity index (χ0) is 14.5. The standard InChI is InChI=1S/C15H19NO4/c1-11-5-2-3-7-13(11)20-10-8-14(17)16-9-4-6-12(16)15(18)19/h2-3,5,7,12H,4,6,8-10H2,1H3,(H,18,19)/t12-/m1/s1. The van der Waals surface area contributed by atoms with Gasteiger partial charge in [-0.2, -0.15) is 0 Å². The Balaban J connectivity index is 1.84. The average molecular weight is 277 g/mol. The van der Waals surface area contributed by atoms with Crippen LogP contribution < -0.4 is 4.74 Å². The Morgan fingerprint density at radius 3 is 2.85 bits per heavy atom. The molecule has 20 heavy (non-hydrogen) atoms. The number of aryl methyl sites for hydroxylation is 1. The van der Waals surface area contributed by atoms with Crippen molar-refractivity contribution in [3.63, 3.8) is 0 Å². The molecule has 1 aromatic rings. The van der Waals surface area contributed by atoms with Crippen molar-refractivity contribution in [3.05, 3.63) is 29.8 Å². The van der Waals surface area contributed by atoms with E-state index < -0.39 is 12.0 Å². The molecular weight excluding hydrogens is 258 g/mol. The second-order valence-electron chi connectivity index (χ2n) is 4.95. The summed E-state index contributed by atoms with van der Waals surface area (Å²) < 4.78 is 5.57. The van der Waals surface area contributed by atoms with E-state index >= 15 is 0 Å². The first-order valence-electron chi connectivity index (χ1n) is 6.80. The molecule has 1 aliphatic heterocycles. The molecule has 1 amide bonds. The van der Waals surface area contributed by atoms with Gasteiger partial charge in [0.2, 0.25) is 5.91 Å². The van der Waals surface area contributed by atoms with Gasteiger partial charge in [0, 0.05) is 6.54 Å². The van der Waals surface area contributed by atoms with Crippen molar-refractivity contribution in [2.24, 2.45) is 0 Å². The van der Waals surface area contributed by atoms with Crippen LogP contribution in [0.3, 0.4) is 0 Å². The number of rotatable bonds is 5. The molecule has 108 valence electrons. The van der Waals surface area contributed by atoms with Crippen LogP contribution in [0.2, 0.25) is 0 Å². The van der Waals surface area contributed by atoms with Gasteiger partial charge in [-0.15, -0.1) is 0 Å². The van der Waals surface area contributed by atoms with Gasteiger partial charge in [-0.1, -0.05) is 18.2 Å². The van der Waals surface area contributed by atoms with Crippen molar-refractivity contribution in [3.8, 4) is 5.75 Å². The third-order valence-corrected chi connectivity index (χ3v) is 3.53. The van der Waals surface area contributed by atoms with Gasteiger partial charge >= 0.3 is 5.97 Å². The lowest BCUT2D eigenvalue weighted by molar-refractivity contribution is -0.148. The van der Waals surface area contributed by atoms with E-state index in [0.717, 1.165) is 17.7 Å². The number of para-hydroxylation sites is 1. The van der Waals surface area contributed by atoms with Crippen molar-refractivity contribution in [1.29, 1.82) is 0 Å². The number of aliphatic carboxylic acids is 1. The largest absolute Gasteiger partial charge is 0.493 e. The highest BCUT2D eigenvalue weighted by atomic mass is 16.5. The molecule has 0 unspecified atom stereocenters. The van der Waals surface area contributed by atoms with Gasteiger partial charge < -0.3 is 14.7 Å². The highest BCUT2D eigenvalue weighted by Crippen LogP contribution is 2.19. The van der Waals surface area contributed by atoms with Crippen LogP contribution in [-0.2, 0) is 9.59 Å². The molecular formula is C15H19NO4. The molecule has 1 saturated heterocycles. The van der Waals surface area contributed by atoms with Gasteiger partial charge in [0.15, 0.2) is 0 Å². The Labute approximate surface area is 118 Å². The quantitative estimate of drug-likeness (QED) is 0.891. The molecule has 5 nitrogen and oxygen atoms in total. The Bertz CT molecular complexity index is 500. The summed E-state index contributed by atoms with van der Waals surface area (Å²) in [6, 6.07) is 6.94. The van der Waals surface area contributed by atoms with E-state index in [1.807, 2.05) is 31.2 Å². The van der Waals surface area contributed by atoms with Crippen LogP contribution >= 0.6 is 0 Å². The summed E-state index contributed by atoms with van der Waals surface area (Å²) in [6.45, 7) is 2.74. The van der Waals surface area contributed by atoms with Crippen LogP contribution in [0.15, 0.2) is 24.3 Å². The molecule has 1 aliphatic rings. The molecule has 0 aliphatic carbocycles. The van der Waals surface area contributed by atoms with Gasteiger partial charge in [-0.05, 0) is 31.4 Å². The summed E-state index contributed by atoms with van der Waals surface area (Å²) in [5.41, 5.74) is 1.02. The predicted molar refractivity (Wildman–Crippen MR) is 73.7 cm³/mol. The first-order valence-corrected chi connectivity index (χ1v) is 6.80. The van der Waals surface area contributed by atoms with Crippen LogP contribution in [-0.4, -0.2) is 41.1 Å². The SMILES string of the molecule is Cc1ccccc1OCCC(=O)N1CCC[C@@H]1C(=O)O. The second-order valence-corrected chi connectivity index (χ2v) is 4.95. The van der Waals surface area contributed by atoms with Crippen LogP contribution in [0.25, 0.3) is 0 Å². The molecule has 2 rings (SSSR count). The smallest absolute Gasteiger partial charge is 0.326 e. The monoisotopic (exact) mass is 277 g/mol. The number of benzene rings is 1. The van der Waals surface area contributed by atoms with Gasteiger partial charge in [0.05, 0.1) is 13.0 Å². The Kier molecular flexibility index (Phi) is 4.61. The molecule has 1 aromatic carbocycles. The highest BCUT2D eigenvalue weighted by molar-refractivity contribution is 5.84. The number of hydrogen-bond donors (Lipinski definition) is 1. The Morgan fingerprint density at radius 1 is 1.40 bits per heavy atom. The number of likely N-dealkylation sites (tertiary alicyclic amines) is 1. The van der Waals surface area contributed by atoms with Crippen molar-refractivity contribution in [2.75, 3.05) is 13.2 Å². The fourth-order valence-corrected chi connectivity index (χ4v) is 2.43. The zero-order valence-corrected chi connectivity index (χ0v) is 11.5. The first-order chi connectivity index (χ1) is 9.59. The van der Waals surface area contributed by atoms with Gasteiger partial charge in [-0.3, -0.25) is 4.79 Å². The van der Waals surface area contributed by atoms with Gasteiger partial charge in [-0.25, -0.2) is 4.79 Å². The lowest BCUT2D eigenvalue weighted by atomic mass is 10.2. The molecule has 1 heterocycles. The number of hydrogen-bond acceptors (Lipinski definition) is 3. The topological polar surface area (TPSA) is 66.8 Å². The summed E-state index contributed by atoms with van der Waals surface area (Å²) in [5, 5.41) is 9.05. The van der Waals surface area contributed by atoms with Crippen LogP contribution in [0, 0.1) is 6.92 Å². The molecule has 1 atom stereocenters. The summed E-state index contributed by atoms with van der Waals surface area (Å²) in [7, 11) is 0. The molecule has 0 saturated carbocycles. The number of amides is 1. The summed E-state index contributed by atoms with van der Waals surface area (Å²) in [6.07, 6.45) is 1.50. The maximum Gasteiger partial charge on any atom is 0.326 e. The molecule has 5 heteroatoms. The van der Waals surface area contributed by atoms with Crippen LogP contribution in [0.4, 0.5) is 0 Å². The molecule has 0 bridgehead atoms. The maximum atomic E-state index is 12.0. The number of carboxylic acids is 1. The van der Waals surface area contributed by atoms with E-state index in [-0.39, 0.29) is 18.9 Å². The summed E-state index contributed by atoms with van der Waals surface area (Å²) in [5.74, 6) is -0.310. The minimum absolute atomic E-state index is 0.150. The number of carbonyl (C=O) groups excluding carboxylic acids is 1. The van der Waals surface area contributed by atoms with Crippen LogP contribution in [0.5, 0.6) is 5.75 Å². The van der Waals surface area contributed by atoms with E-state index in [1.165, 1.54) is 4.90 Å². The normalized spacial score (nSPS) is 18.1. The van der Waals surface area contributed by atoms with E-state index in [0.29, 0.717) is 13.0 Å². The van der Waals surface area contributed by atoms with E-state index in [9.17, 15) is 9.59 Å². The maximum absolute atomic E-state index is 12.0. The van der Waals surface area contributed by atoms with Crippen molar-refractivity contribution < 1.29 is 19.4 Å². The van der Waals surface area contributed by atoms with Crippen LogP contribution in [0.1, 0.15) is 24.8 Å². The highest BCUT2D eigenvalue weighted by Gasteiger charge is 2.33. The number of nitrogens with zero attached hydrogens (tertiary/aromatic N) is 1. The third kappa shape index (κ3) is 3.29. The molecule has 0 spiro atoms. The van der Waals surface area contributed by atoms with Crippen molar-refractivity contribution in [1.82, 2.24) is 4.90 Å². The molecule has 0 aromatic heterocycles. The molecule has 1 fully saturated rings. The minimum Gasteiger partial charge on any atom is -0.493 e. The lowest BCUT2D eigenvalue weighted by Crippen LogP contribution is -2.40. The summed E-state index contributed by atoms with van der Waals surface area (Å²) in [4.78, 5) is 24.5. The predicted octanol–water partition coefficient (Wildman–Crippen LogP) is 1.84. The van der Waals surface area contributed by atoms with Gasteiger partial charge in [0.25, 0.3) is 0 Å². The minimum atomic E-state index is -0.921. The van der Waals surface area contributed by atoms with Crippen molar-refractivity contribution in [2.45, 2.75) is 32.2 Å². The fraction of sp³-hybridized carbons (Fsp3) is 0.467.